The molecule has 0 unspecified atom stereocenters. The molecule has 1 N–H and O–H groups in total. The summed E-state index contributed by atoms with van der Waals surface area (Å²) in [5.41, 5.74) is 0.485. The third kappa shape index (κ3) is 4.71. The molecule has 2 aromatic carbocycles. The van der Waals surface area contributed by atoms with Gasteiger partial charge in [-0.3, -0.25) is 9.89 Å². The zero-order valence-electron chi connectivity index (χ0n) is 17.7. The van der Waals surface area contributed by atoms with Crippen molar-refractivity contribution in [3.63, 3.8) is 0 Å². The molecule has 9 nitrogen and oxygen atoms in total. The van der Waals surface area contributed by atoms with Crippen LogP contribution >= 0.6 is 11.3 Å². The summed E-state index contributed by atoms with van der Waals surface area (Å²) in [6, 6.07) is 13.2. The standard InChI is InChI=1S/C23H18N2O7S2/c1-14-18(22(26)25(24-14)16-6-8-17(9-7-16)34(28,29)30)12-15-5-10-19(20(13-15)31-2)32-23(27)21-4-3-11-33-21/h3-13,24H,1H2,2H3,(H,28,29,30)/p-1/b18-12+. The van der Waals surface area contributed by atoms with Gasteiger partial charge in [0.25, 0.3) is 5.56 Å². The number of hydrogen-bond donors (Lipinski definition) is 1. The molecule has 0 aliphatic rings. The predicted octanol–water partition coefficient (Wildman–Crippen LogP) is 1.60. The number of rotatable bonds is 6. The van der Waals surface area contributed by atoms with Crippen LogP contribution in [-0.2, 0) is 10.1 Å². The van der Waals surface area contributed by atoms with E-state index in [0.29, 0.717) is 27.2 Å². The highest BCUT2D eigenvalue weighted by molar-refractivity contribution is 7.85. The van der Waals surface area contributed by atoms with Gasteiger partial charge in [-0.05, 0) is 59.5 Å². The summed E-state index contributed by atoms with van der Waals surface area (Å²) in [5, 5.41) is 5.17. The normalized spacial score (nSPS) is 12.0. The Morgan fingerprint density at radius 3 is 2.50 bits per heavy atom. The van der Waals surface area contributed by atoms with Crippen molar-refractivity contribution in [1.29, 1.82) is 0 Å². The van der Waals surface area contributed by atoms with Gasteiger partial charge in [0.1, 0.15) is 15.0 Å². The lowest BCUT2D eigenvalue weighted by molar-refractivity contribution is 0.0734. The second kappa shape index (κ2) is 9.14. The van der Waals surface area contributed by atoms with E-state index in [0.717, 1.165) is 12.1 Å². The number of aromatic amines is 1. The molecule has 0 aliphatic carbocycles. The van der Waals surface area contributed by atoms with E-state index < -0.39 is 26.5 Å². The van der Waals surface area contributed by atoms with Crippen molar-refractivity contribution in [2.75, 3.05) is 7.11 Å². The average Bonchev–Trinajstić information content (AvgIpc) is 3.44. The summed E-state index contributed by atoms with van der Waals surface area (Å²) in [5.74, 6) is 0.0247. The summed E-state index contributed by atoms with van der Waals surface area (Å²) in [4.78, 5) is 25.2. The fraction of sp³-hybridized carbons (Fsp3) is 0.0435. The van der Waals surface area contributed by atoms with Crippen LogP contribution in [0.25, 0.3) is 18.3 Å². The van der Waals surface area contributed by atoms with Crippen LogP contribution in [0.4, 0.5) is 0 Å². The number of carbonyl (C=O) groups is 1. The number of nitrogens with one attached hydrogen (secondary N) is 1. The van der Waals surface area contributed by atoms with Gasteiger partial charge < -0.3 is 14.0 Å². The summed E-state index contributed by atoms with van der Waals surface area (Å²) >= 11 is 1.26. The van der Waals surface area contributed by atoms with Crippen molar-refractivity contribution in [3.05, 3.63) is 91.3 Å². The maximum atomic E-state index is 13.0. The second-order valence-electron chi connectivity index (χ2n) is 7.01. The fourth-order valence-electron chi connectivity index (χ4n) is 3.16. The maximum Gasteiger partial charge on any atom is 0.353 e. The molecule has 0 saturated heterocycles. The highest BCUT2D eigenvalue weighted by Gasteiger charge is 2.14. The minimum atomic E-state index is -4.59. The van der Waals surface area contributed by atoms with Crippen LogP contribution in [0.15, 0.2) is 69.7 Å². The van der Waals surface area contributed by atoms with E-state index in [9.17, 15) is 22.6 Å². The number of methoxy groups -OCH3 is 1. The van der Waals surface area contributed by atoms with Crippen LogP contribution in [0.1, 0.15) is 15.2 Å². The van der Waals surface area contributed by atoms with Gasteiger partial charge in [0.05, 0.1) is 28.3 Å². The van der Waals surface area contributed by atoms with Crippen LogP contribution in [0.2, 0.25) is 0 Å². The van der Waals surface area contributed by atoms with Crippen LogP contribution in [0.5, 0.6) is 11.5 Å². The lowest BCUT2D eigenvalue weighted by Gasteiger charge is -2.09. The third-order valence-corrected chi connectivity index (χ3v) is 6.51. The molecule has 0 saturated carbocycles. The lowest BCUT2D eigenvalue weighted by Crippen LogP contribution is -2.33. The molecule has 0 amide bonds. The van der Waals surface area contributed by atoms with E-state index in [1.165, 1.54) is 35.3 Å². The Kier molecular flexibility index (Phi) is 6.24. The van der Waals surface area contributed by atoms with E-state index in [-0.39, 0.29) is 11.0 Å². The first-order valence-corrected chi connectivity index (χ1v) is 12.0. The number of ether oxygens (including phenoxy) is 2. The summed E-state index contributed by atoms with van der Waals surface area (Å²) < 4.78 is 45.3. The van der Waals surface area contributed by atoms with Gasteiger partial charge in [0, 0.05) is 0 Å². The number of carbonyl (C=O) groups excluding carboxylic acids is 1. The van der Waals surface area contributed by atoms with E-state index in [1.807, 2.05) is 0 Å². The van der Waals surface area contributed by atoms with E-state index in [1.54, 1.807) is 41.8 Å². The topological polar surface area (TPSA) is 131 Å². The molecule has 34 heavy (non-hydrogen) atoms. The molecule has 2 heterocycles. The molecule has 0 atom stereocenters. The number of aromatic nitrogens is 2. The first-order valence-electron chi connectivity index (χ1n) is 9.69. The Bertz CT molecular complexity index is 1630. The van der Waals surface area contributed by atoms with Crippen LogP contribution in [0.3, 0.4) is 0 Å². The predicted molar refractivity (Wildman–Crippen MR) is 125 cm³/mol. The first kappa shape index (κ1) is 23.2. The zero-order valence-corrected chi connectivity index (χ0v) is 19.3. The molecular weight excluding hydrogens is 480 g/mol. The van der Waals surface area contributed by atoms with Gasteiger partial charge in [-0.2, -0.15) is 0 Å². The molecule has 4 rings (SSSR count). The van der Waals surface area contributed by atoms with Crippen LogP contribution < -0.4 is 25.6 Å². The SMILES string of the molecule is C=c1[nH]n(-c2ccc(S(=O)(=O)[O-])cc2)c(=O)/c1=C/c1ccc(OC(=O)c2cccs2)c(OC)c1. The van der Waals surface area contributed by atoms with Crippen molar-refractivity contribution in [2.24, 2.45) is 0 Å². The van der Waals surface area contributed by atoms with Crippen molar-refractivity contribution in [3.8, 4) is 17.2 Å². The monoisotopic (exact) mass is 497 g/mol. The Labute approximate surface area is 197 Å². The molecule has 0 spiro atoms. The van der Waals surface area contributed by atoms with Gasteiger partial charge in [-0.15, -0.1) is 11.3 Å². The minimum Gasteiger partial charge on any atom is -0.744 e. The zero-order chi connectivity index (χ0) is 24.5. The smallest absolute Gasteiger partial charge is 0.353 e. The molecule has 0 fully saturated rings. The Hall–Kier alpha value is -3.93. The largest absolute Gasteiger partial charge is 0.744 e. The number of hydrogen-bond acceptors (Lipinski definition) is 8. The molecule has 4 aromatic rings. The molecule has 11 heteroatoms. The Morgan fingerprint density at radius 2 is 1.88 bits per heavy atom. The Morgan fingerprint density at radius 1 is 1.15 bits per heavy atom. The summed E-state index contributed by atoms with van der Waals surface area (Å²) in [7, 11) is -3.16. The second-order valence-corrected chi connectivity index (χ2v) is 9.34. The summed E-state index contributed by atoms with van der Waals surface area (Å²) in [6.07, 6.45) is 1.58. The quantitative estimate of drug-likeness (QED) is 0.243. The number of benzene rings is 2. The number of nitrogens with zero attached hydrogens (tertiary/aromatic N) is 1. The van der Waals surface area contributed by atoms with Crippen molar-refractivity contribution >= 4 is 40.1 Å². The molecule has 2 aromatic heterocycles. The summed E-state index contributed by atoms with van der Waals surface area (Å²) in [6.45, 7) is 3.86. The highest BCUT2D eigenvalue weighted by atomic mass is 32.2. The molecule has 0 aliphatic heterocycles. The molecule has 0 bridgehead atoms. The number of thiophene rings is 1. The highest BCUT2D eigenvalue weighted by Crippen LogP contribution is 2.29. The van der Waals surface area contributed by atoms with Gasteiger partial charge in [0.2, 0.25) is 0 Å². The molecule has 174 valence electrons. The first-order chi connectivity index (χ1) is 16.2. The fourth-order valence-corrected chi connectivity index (χ4v) is 4.23. The van der Waals surface area contributed by atoms with Gasteiger partial charge in [-0.1, -0.05) is 18.7 Å². The minimum absolute atomic E-state index is 0.229. The van der Waals surface area contributed by atoms with Crippen LogP contribution in [-0.4, -0.2) is 35.8 Å². The van der Waals surface area contributed by atoms with Crippen molar-refractivity contribution < 1.29 is 27.2 Å². The van der Waals surface area contributed by atoms with Gasteiger partial charge >= 0.3 is 5.97 Å². The van der Waals surface area contributed by atoms with Crippen molar-refractivity contribution in [1.82, 2.24) is 9.78 Å². The molecular formula is C23H17N2O7S2-. The Balaban J connectivity index is 1.68. The van der Waals surface area contributed by atoms with Crippen LogP contribution in [0, 0.1) is 0 Å². The lowest BCUT2D eigenvalue weighted by atomic mass is 10.1. The van der Waals surface area contributed by atoms with E-state index >= 15 is 0 Å². The van der Waals surface area contributed by atoms with Crippen molar-refractivity contribution in [2.45, 2.75) is 4.90 Å². The van der Waals surface area contributed by atoms with Gasteiger partial charge in [0.15, 0.2) is 11.5 Å². The molecule has 0 radical (unpaired) electrons. The maximum absolute atomic E-state index is 13.0. The van der Waals surface area contributed by atoms with E-state index in [2.05, 4.69) is 11.7 Å². The third-order valence-electron chi connectivity index (χ3n) is 4.81. The van der Waals surface area contributed by atoms with Gasteiger partial charge in [-0.25, -0.2) is 17.9 Å². The number of esters is 1. The van der Waals surface area contributed by atoms with E-state index in [4.69, 9.17) is 9.47 Å². The average molecular weight is 498 g/mol. The number of H-pyrrole nitrogens is 1.